The van der Waals surface area contributed by atoms with Crippen LogP contribution in [0.15, 0.2) is 33.6 Å². The Morgan fingerprint density at radius 3 is 2.75 bits per heavy atom. The standard InChI is InChI=1S/C14H19BrN2OS.ClH/c1-10(19-13-6-4-11(15)5-7-13)14(18)17-12-3-2-8-16-9-12;/h4-7,10,12,16H,2-3,8-9H2,1H3,(H,17,18);1H. The first-order chi connectivity index (χ1) is 9.15. The molecule has 1 heterocycles. The predicted octanol–water partition coefficient (Wildman–Crippen LogP) is 3.22. The second-order valence-corrected chi connectivity index (χ2v) is 7.10. The van der Waals surface area contributed by atoms with Gasteiger partial charge >= 0.3 is 0 Å². The zero-order valence-corrected chi connectivity index (χ0v) is 14.6. The number of hydrogen-bond donors (Lipinski definition) is 2. The average Bonchev–Trinajstić information content (AvgIpc) is 2.42. The summed E-state index contributed by atoms with van der Waals surface area (Å²) < 4.78 is 1.06. The third-order valence-corrected chi connectivity index (χ3v) is 4.78. The number of piperidine rings is 1. The third-order valence-electron chi connectivity index (χ3n) is 3.14. The van der Waals surface area contributed by atoms with Gasteiger partial charge in [0.05, 0.1) is 5.25 Å². The maximum absolute atomic E-state index is 12.1. The molecule has 0 bridgehead atoms. The highest BCUT2D eigenvalue weighted by molar-refractivity contribution is 9.10. The van der Waals surface area contributed by atoms with Crippen molar-refractivity contribution in [3.63, 3.8) is 0 Å². The smallest absolute Gasteiger partial charge is 0.233 e. The van der Waals surface area contributed by atoms with Crippen molar-refractivity contribution >= 4 is 46.0 Å². The molecule has 1 saturated heterocycles. The van der Waals surface area contributed by atoms with E-state index in [1.165, 1.54) is 0 Å². The summed E-state index contributed by atoms with van der Waals surface area (Å²) in [6.45, 7) is 3.91. The molecule has 1 aromatic carbocycles. The molecule has 20 heavy (non-hydrogen) atoms. The van der Waals surface area contributed by atoms with Crippen molar-refractivity contribution < 1.29 is 4.79 Å². The maximum Gasteiger partial charge on any atom is 0.233 e. The van der Waals surface area contributed by atoms with Gasteiger partial charge in [-0.2, -0.15) is 0 Å². The summed E-state index contributed by atoms with van der Waals surface area (Å²) in [6, 6.07) is 8.34. The van der Waals surface area contributed by atoms with E-state index < -0.39 is 0 Å². The van der Waals surface area contributed by atoms with Gasteiger partial charge in [0.1, 0.15) is 0 Å². The highest BCUT2D eigenvalue weighted by Gasteiger charge is 2.19. The maximum atomic E-state index is 12.1. The normalized spacial score (nSPS) is 19.8. The molecule has 1 aliphatic heterocycles. The van der Waals surface area contributed by atoms with Gasteiger partial charge < -0.3 is 10.6 Å². The molecular formula is C14H20BrClN2OS. The summed E-state index contributed by atoms with van der Waals surface area (Å²) >= 11 is 5.01. The second-order valence-electron chi connectivity index (χ2n) is 4.77. The van der Waals surface area contributed by atoms with Crippen LogP contribution in [-0.2, 0) is 4.79 Å². The molecule has 0 saturated carbocycles. The SMILES string of the molecule is CC(Sc1ccc(Br)cc1)C(=O)NC1CCCNC1.Cl. The van der Waals surface area contributed by atoms with Gasteiger partial charge in [-0.25, -0.2) is 0 Å². The van der Waals surface area contributed by atoms with E-state index in [0.29, 0.717) is 0 Å². The summed E-state index contributed by atoms with van der Waals surface area (Å²) in [4.78, 5) is 13.2. The van der Waals surface area contributed by atoms with Gasteiger partial charge in [0, 0.05) is 22.0 Å². The summed E-state index contributed by atoms with van der Waals surface area (Å²) in [7, 11) is 0. The quantitative estimate of drug-likeness (QED) is 0.789. The molecule has 2 atom stereocenters. The molecule has 1 aromatic rings. The van der Waals surface area contributed by atoms with Crippen LogP contribution in [-0.4, -0.2) is 30.3 Å². The predicted molar refractivity (Wildman–Crippen MR) is 90.7 cm³/mol. The molecule has 0 aliphatic carbocycles. The van der Waals surface area contributed by atoms with Gasteiger partial charge in [0.2, 0.25) is 5.91 Å². The highest BCUT2D eigenvalue weighted by atomic mass is 79.9. The van der Waals surface area contributed by atoms with E-state index in [0.717, 1.165) is 35.3 Å². The number of carbonyl (C=O) groups is 1. The number of thioether (sulfide) groups is 1. The Balaban J connectivity index is 0.00000200. The number of carbonyl (C=O) groups excluding carboxylic acids is 1. The van der Waals surface area contributed by atoms with Gasteiger partial charge in [0.25, 0.3) is 0 Å². The molecule has 2 N–H and O–H groups in total. The summed E-state index contributed by atoms with van der Waals surface area (Å²) in [5.41, 5.74) is 0. The van der Waals surface area contributed by atoms with E-state index in [4.69, 9.17) is 0 Å². The van der Waals surface area contributed by atoms with Crippen LogP contribution in [0.4, 0.5) is 0 Å². The van der Waals surface area contributed by atoms with Gasteiger partial charge in [0.15, 0.2) is 0 Å². The van der Waals surface area contributed by atoms with Crippen LogP contribution >= 0.6 is 40.1 Å². The Kier molecular flexibility index (Phi) is 7.95. The zero-order valence-electron chi connectivity index (χ0n) is 11.4. The van der Waals surface area contributed by atoms with Crippen LogP contribution in [0.1, 0.15) is 19.8 Å². The Morgan fingerprint density at radius 2 is 2.15 bits per heavy atom. The number of hydrogen-bond acceptors (Lipinski definition) is 3. The minimum absolute atomic E-state index is 0. The first kappa shape index (κ1) is 17.8. The molecule has 1 fully saturated rings. The summed E-state index contributed by atoms with van der Waals surface area (Å²) in [6.07, 6.45) is 2.22. The molecule has 0 radical (unpaired) electrons. The van der Waals surface area contributed by atoms with Crippen LogP contribution in [0, 0.1) is 0 Å². The largest absolute Gasteiger partial charge is 0.351 e. The minimum Gasteiger partial charge on any atom is -0.351 e. The molecule has 6 heteroatoms. The number of amides is 1. The summed E-state index contributed by atoms with van der Waals surface area (Å²) in [5.74, 6) is 0.126. The first-order valence-corrected chi connectivity index (χ1v) is 8.26. The van der Waals surface area contributed by atoms with Gasteiger partial charge in [-0.05, 0) is 50.6 Å². The van der Waals surface area contributed by atoms with E-state index in [-0.39, 0.29) is 29.6 Å². The lowest BCUT2D eigenvalue weighted by Crippen LogP contribution is -2.47. The molecule has 112 valence electrons. The van der Waals surface area contributed by atoms with E-state index in [2.05, 4.69) is 26.6 Å². The summed E-state index contributed by atoms with van der Waals surface area (Å²) in [5, 5.41) is 6.36. The molecule has 0 aromatic heterocycles. The fourth-order valence-corrected chi connectivity index (χ4v) is 3.21. The van der Waals surface area contributed by atoms with Crippen molar-refractivity contribution in [1.82, 2.24) is 10.6 Å². The Labute approximate surface area is 139 Å². The molecule has 1 amide bonds. The lowest BCUT2D eigenvalue weighted by molar-refractivity contribution is -0.121. The van der Waals surface area contributed by atoms with Gasteiger partial charge in [-0.1, -0.05) is 15.9 Å². The molecule has 1 aliphatic rings. The monoisotopic (exact) mass is 378 g/mol. The van der Waals surface area contributed by atoms with Crippen LogP contribution in [0.3, 0.4) is 0 Å². The van der Waals surface area contributed by atoms with Crippen LogP contribution in [0.5, 0.6) is 0 Å². The molecule has 0 spiro atoms. The Morgan fingerprint density at radius 1 is 1.45 bits per heavy atom. The zero-order chi connectivity index (χ0) is 13.7. The van der Waals surface area contributed by atoms with Crippen molar-refractivity contribution in [2.75, 3.05) is 13.1 Å². The lowest BCUT2D eigenvalue weighted by Gasteiger charge is -2.25. The molecule has 3 nitrogen and oxygen atoms in total. The fraction of sp³-hybridized carbons (Fsp3) is 0.500. The fourth-order valence-electron chi connectivity index (χ4n) is 2.06. The van der Waals surface area contributed by atoms with Crippen LogP contribution in [0.2, 0.25) is 0 Å². The molecular weight excluding hydrogens is 360 g/mol. The second kappa shape index (κ2) is 8.93. The van der Waals surface area contributed by atoms with Crippen LogP contribution < -0.4 is 10.6 Å². The van der Waals surface area contributed by atoms with Crippen molar-refractivity contribution in [3.05, 3.63) is 28.7 Å². The van der Waals surface area contributed by atoms with Crippen molar-refractivity contribution in [1.29, 1.82) is 0 Å². The van der Waals surface area contributed by atoms with E-state index in [1.807, 2.05) is 31.2 Å². The highest BCUT2D eigenvalue weighted by Crippen LogP contribution is 2.25. The number of halogens is 2. The van der Waals surface area contributed by atoms with Crippen LogP contribution in [0.25, 0.3) is 0 Å². The number of rotatable bonds is 4. The van der Waals surface area contributed by atoms with Crippen molar-refractivity contribution in [2.45, 2.75) is 36.0 Å². The molecule has 2 rings (SSSR count). The van der Waals surface area contributed by atoms with Crippen molar-refractivity contribution in [3.8, 4) is 0 Å². The number of nitrogens with one attached hydrogen (secondary N) is 2. The van der Waals surface area contributed by atoms with E-state index >= 15 is 0 Å². The van der Waals surface area contributed by atoms with E-state index in [9.17, 15) is 4.79 Å². The number of benzene rings is 1. The van der Waals surface area contributed by atoms with Gasteiger partial charge in [-0.15, -0.1) is 24.2 Å². The Hall–Kier alpha value is -0.230. The van der Waals surface area contributed by atoms with Gasteiger partial charge in [-0.3, -0.25) is 4.79 Å². The lowest BCUT2D eigenvalue weighted by atomic mass is 10.1. The van der Waals surface area contributed by atoms with E-state index in [1.54, 1.807) is 11.8 Å². The molecule has 2 unspecified atom stereocenters. The minimum atomic E-state index is -0.0666. The topological polar surface area (TPSA) is 41.1 Å². The average molecular weight is 380 g/mol. The third kappa shape index (κ3) is 5.64. The van der Waals surface area contributed by atoms with Crippen molar-refractivity contribution in [2.24, 2.45) is 0 Å². The Bertz CT molecular complexity index is 424. The first-order valence-electron chi connectivity index (χ1n) is 6.58.